The van der Waals surface area contributed by atoms with Gasteiger partial charge in [0, 0.05) is 0 Å². The van der Waals surface area contributed by atoms with Crippen LogP contribution in [0.2, 0.25) is 0 Å². The summed E-state index contributed by atoms with van der Waals surface area (Å²) in [7, 11) is 0.991. The van der Waals surface area contributed by atoms with E-state index in [9.17, 15) is 50.8 Å². The van der Waals surface area contributed by atoms with E-state index < -0.39 is 105 Å². The summed E-state index contributed by atoms with van der Waals surface area (Å²) in [4.78, 5) is 12.0. The van der Waals surface area contributed by atoms with E-state index >= 15 is 0 Å². The number of carbonyl (C=O) groups is 1. The van der Waals surface area contributed by atoms with Crippen molar-refractivity contribution in [2.45, 2.75) is 99.0 Å². The van der Waals surface area contributed by atoms with Crippen LogP contribution in [-0.4, -0.2) is 158 Å². The first-order chi connectivity index (χ1) is 16.4. The molecule has 0 bridgehead atoms. The molecule has 9 N–H and O–H groups in total. The van der Waals surface area contributed by atoms with Crippen molar-refractivity contribution in [3.05, 3.63) is 0 Å². The van der Waals surface area contributed by atoms with Gasteiger partial charge in [-0.05, 0) is 6.92 Å². The molecule has 3 fully saturated rings. The number of aliphatic hydroxyl groups is 9. The third-order valence-corrected chi connectivity index (χ3v) is 6.21. The molecule has 16 nitrogen and oxygen atoms in total. The summed E-state index contributed by atoms with van der Waals surface area (Å²) in [5.74, 6) is -1.09. The summed E-state index contributed by atoms with van der Waals surface area (Å²) in [5.41, 5.74) is 0. The molecular formula is C19H32O16. The number of methoxy groups -OCH3 is 1. The van der Waals surface area contributed by atoms with Gasteiger partial charge in [-0.1, -0.05) is 0 Å². The molecule has 204 valence electrons. The van der Waals surface area contributed by atoms with Crippen LogP contribution in [-0.2, 0) is 33.2 Å². The molecule has 0 aromatic heterocycles. The molecule has 0 aliphatic carbocycles. The molecule has 35 heavy (non-hydrogen) atoms. The van der Waals surface area contributed by atoms with Gasteiger partial charge in [0.2, 0.25) is 0 Å². The fraction of sp³-hybridized carbons (Fsp3) is 0.947. The molecule has 15 atom stereocenters. The average Bonchev–Trinajstić information content (AvgIpc) is 2.84. The molecule has 3 saturated heterocycles. The predicted octanol–water partition coefficient (Wildman–Crippen LogP) is -6.36. The molecule has 0 saturated carbocycles. The zero-order valence-corrected chi connectivity index (χ0v) is 18.8. The fourth-order valence-electron chi connectivity index (χ4n) is 4.08. The van der Waals surface area contributed by atoms with Gasteiger partial charge in [0.25, 0.3) is 0 Å². The van der Waals surface area contributed by atoms with Crippen LogP contribution in [0.1, 0.15) is 6.92 Å². The van der Waals surface area contributed by atoms with Gasteiger partial charge in [-0.15, -0.1) is 0 Å². The SMILES string of the molecule is COC(=O)[C@H]1OC(O)[C@H](O)[C@@H](O)[C@@H]1O[C@@H]1O[C@H](CO)[C@@H](O[C@@H]2O[C@@H](C)[C@H](O)[C@@H](O)[C@H]2O)[C@H](O)[C@H]1O. The van der Waals surface area contributed by atoms with Gasteiger partial charge >= 0.3 is 5.97 Å². The molecule has 16 heteroatoms. The third kappa shape index (κ3) is 5.60. The number of carbonyl (C=O) groups excluding carboxylic acids is 1. The normalized spacial score (nSPS) is 51.1. The Morgan fingerprint density at radius 1 is 0.714 bits per heavy atom. The van der Waals surface area contributed by atoms with E-state index in [2.05, 4.69) is 4.74 Å². The van der Waals surface area contributed by atoms with Gasteiger partial charge in [-0.3, -0.25) is 0 Å². The number of esters is 1. The van der Waals surface area contributed by atoms with Crippen molar-refractivity contribution in [2.75, 3.05) is 13.7 Å². The van der Waals surface area contributed by atoms with E-state index in [1.165, 1.54) is 6.92 Å². The maximum Gasteiger partial charge on any atom is 0.337 e. The number of rotatable bonds is 6. The van der Waals surface area contributed by atoms with Gasteiger partial charge in [0.15, 0.2) is 25.0 Å². The van der Waals surface area contributed by atoms with Gasteiger partial charge in [-0.2, -0.15) is 0 Å². The molecule has 3 rings (SSSR count). The van der Waals surface area contributed by atoms with Crippen molar-refractivity contribution >= 4 is 5.97 Å². The molecular weight excluding hydrogens is 484 g/mol. The van der Waals surface area contributed by atoms with Gasteiger partial charge in [0.05, 0.1) is 19.8 Å². The first kappa shape index (κ1) is 28.5. The Balaban J connectivity index is 1.75. The van der Waals surface area contributed by atoms with Crippen molar-refractivity contribution in [2.24, 2.45) is 0 Å². The van der Waals surface area contributed by atoms with Crippen LogP contribution in [0.5, 0.6) is 0 Å². The van der Waals surface area contributed by atoms with Crippen molar-refractivity contribution < 1.29 is 79.2 Å². The molecule has 3 heterocycles. The lowest BCUT2D eigenvalue weighted by Gasteiger charge is -2.47. The number of hydrogen-bond acceptors (Lipinski definition) is 16. The molecule has 0 aromatic carbocycles. The summed E-state index contributed by atoms with van der Waals surface area (Å²) in [6.45, 7) is 0.580. The molecule has 3 aliphatic heterocycles. The second-order valence-corrected chi connectivity index (χ2v) is 8.54. The molecule has 0 radical (unpaired) electrons. The van der Waals surface area contributed by atoms with Crippen LogP contribution in [0.4, 0.5) is 0 Å². The predicted molar refractivity (Wildman–Crippen MR) is 105 cm³/mol. The highest BCUT2D eigenvalue weighted by molar-refractivity contribution is 5.75. The summed E-state index contributed by atoms with van der Waals surface area (Å²) >= 11 is 0. The van der Waals surface area contributed by atoms with Crippen LogP contribution in [0.15, 0.2) is 0 Å². The van der Waals surface area contributed by atoms with Gasteiger partial charge in [0.1, 0.15) is 61.0 Å². The second kappa shape index (κ2) is 11.5. The highest BCUT2D eigenvalue weighted by atomic mass is 16.8. The van der Waals surface area contributed by atoms with Gasteiger partial charge < -0.3 is 74.4 Å². The number of ether oxygens (including phenoxy) is 6. The minimum atomic E-state index is -1.96. The van der Waals surface area contributed by atoms with Crippen LogP contribution in [0.25, 0.3) is 0 Å². The minimum Gasteiger partial charge on any atom is -0.467 e. The molecule has 0 spiro atoms. The third-order valence-electron chi connectivity index (χ3n) is 6.21. The van der Waals surface area contributed by atoms with Gasteiger partial charge in [-0.25, -0.2) is 4.79 Å². The Kier molecular flexibility index (Phi) is 9.38. The summed E-state index contributed by atoms with van der Waals surface area (Å²) in [6.07, 6.45) is -25.3. The monoisotopic (exact) mass is 516 g/mol. The molecule has 0 amide bonds. The van der Waals surface area contributed by atoms with Crippen LogP contribution in [0, 0.1) is 0 Å². The lowest BCUT2D eigenvalue weighted by Crippen LogP contribution is -2.66. The first-order valence-corrected chi connectivity index (χ1v) is 10.8. The Bertz CT molecular complexity index is 708. The van der Waals surface area contributed by atoms with Crippen molar-refractivity contribution in [3.8, 4) is 0 Å². The minimum absolute atomic E-state index is 0.816. The topological polar surface area (TPSA) is 255 Å². The molecule has 1 unspecified atom stereocenters. The Hall–Kier alpha value is -1.09. The lowest BCUT2D eigenvalue weighted by molar-refractivity contribution is -0.374. The maximum atomic E-state index is 12.0. The Labute approximate surface area is 198 Å². The highest BCUT2D eigenvalue weighted by Crippen LogP contribution is 2.32. The number of aliphatic hydroxyl groups excluding tert-OH is 9. The standard InChI is InChI=1S/C19H32O16/c1-4-6(21)7(22)11(26)18(31-4)34-13-5(3-20)32-19(12(27)9(13)24)35-14-8(23)10(25)16(28)33-15(14)17(29)30-2/h4-16,18-28H,3H2,1-2H3/t4-,5+,6-,7+,8+,9+,10+,11+,12+,13+,14-,15-,16?,18-,19-/m0/s1. The van der Waals surface area contributed by atoms with Crippen molar-refractivity contribution in [1.29, 1.82) is 0 Å². The summed E-state index contributed by atoms with van der Waals surface area (Å²) in [6, 6.07) is 0. The zero-order valence-electron chi connectivity index (χ0n) is 18.8. The van der Waals surface area contributed by atoms with Crippen LogP contribution < -0.4 is 0 Å². The van der Waals surface area contributed by atoms with Crippen molar-refractivity contribution in [3.63, 3.8) is 0 Å². The number of hydrogen-bond donors (Lipinski definition) is 9. The maximum absolute atomic E-state index is 12.0. The van der Waals surface area contributed by atoms with E-state index in [-0.39, 0.29) is 0 Å². The summed E-state index contributed by atoms with van der Waals surface area (Å²) < 4.78 is 31.1. The zero-order chi connectivity index (χ0) is 26.2. The smallest absolute Gasteiger partial charge is 0.337 e. The average molecular weight is 516 g/mol. The Morgan fingerprint density at radius 3 is 1.86 bits per heavy atom. The van der Waals surface area contributed by atoms with Crippen molar-refractivity contribution in [1.82, 2.24) is 0 Å². The highest BCUT2D eigenvalue weighted by Gasteiger charge is 2.54. The van der Waals surface area contributed by atoms with E-state index in [4.69, 9.17) is 23.7 Å². The fourth-order valence-corrected chi connectivity index (χ4v) is 4.08. The van der Waals surface area contributed by atoms with E-state index in [0.29, 0.717) is 0 Å². The largest absolute Gasteiger partial charge is 0.467 e. The van der Waals surface area contributed by atoms with Crippen LogP contribution >= 0.6 is 0 Å². The lowest BCUT2D eigenvalue weighted by atomic mass is 9.96. The molecule has 0 aromatic rings. The Morgan fingerprint density at radius 2 is 1.26 bits per heavy atom. The summed E-state index contributed by atoms with van der Waals surface area (Å²) in [5, 5.41) is 90.8. The second-order valence-electron chi connectivity index (χ2n) is 8.54. The van der Waals surface area contributed by atoms with E-state index in [0.717, 1.165) is 7.11 Å². The van der Waals surface area contributed by atoms with E-state index in [1.54, 1.807) is 0 Å². The first-order valence-electron chi connectivity index (χ1n) is 10.8. The molecule has 3 aliphatic rings. The van der Waals surface area contributed by atoms with E-state index in [1.807, 2.05) is 0 Å². The quantitative estimate of drug-likeness (QED) is 0.149. The van der Waals surface area contributed by atoms with Crippen LogP contribution in [0.3, 0.4) is 0 Å².